The van der Waals surface area contributed by atoms with Crippen molar-refractivity contribution in [3.8, 4) is 11.5 Å². The Kier molecular flexibility index (Phi) is 6.58. The van der Waals surface area contributed by atoms with Crippen molar-refractivity contribution in [2.24, 2.45) is 5.10 Å². The van der Waals surface area contributed by atoms with Crippen molar-refractivity contribution < 1.29 is 19.4 Å². The predicted octanol–water partition coefficient (Wildman–Crippen LogP) is 5.84. The third kappa shape index (κ3) is 4.98. The summed E-state index contributed by atoms with van der Waals surface area (Å²) in [5.41, 5.74) is 3.09. The average Bonchev–Trinajstić information content (AvgIpc) is 2.80. The first-order valence-electron chi connectivity index (χ1n) is 9.74. The number of hydrazone groups is 1. The highest BCUT2D eigenvalue weighted by atomic mass is 35.5. The predicted molar refractivity (Wildman–Crippen MR) is 129 cm³/mol. The molecule has 0 aliphatic heterocycles. The highest BCUT2D eigenvalue weighted by Gasteiger charge is 2.17. The number of aromatic hydroxyl groups is 1. The maximum atomic E-state index is 12.7. The van der Waals surface area contributed by atoms with Gasteiger partial charge in [0.25, 0.3) is 5.91 Å². The van der Waals surface area contributed by atoms with Crippen molar-refractivity contribution in [1.82, 2.24) is 5.43 Å². The van der Waals surface area contributed by atoms with Crippen LogP contribution in [0.1, 0.15) is 26.3 Å². The number of carbonyl (C=O) groups excluding carboxylic acids is 2. The third-order valence-electron chi connectivity index (χ3n) is 4.79. The number of phenolic OH excluding ortho intramolecular Hbond substituents is 1. The number of halogens is 2. The molecule has 4 rings (SSSR count). The zero-order chi connectivity index (χ0) is 23.4. The van der Waals surface area contributed by atoms with E-state index in [4.69, 9.17) is 27.9 Å². The van der Waals surface area contributed by atoms with Crippen LogP contribution in [0.15, 0.2) is 84.0 Å². The van der Waals surface area contributed by atoms with Crippen molar-refractivity contribution in [2.45, 2.75) is 0 Å². The van der Waals surface area contributed by atoms with Gasteiger partial charge in [0.05, 0.1) is 22.4 Å². The number of rotatable bonds is 5. The van der Waals surface area contributed by atoms with Gasteiger partial charge in [-0.2, -0.15) is 5.10 Å². The second-order valence-corrected chi connectivity index (χ2v) is 7.77. The summed E-state index contributed by atoms with van der Waals surface area (Å²) in [6, 6.07) is 21.5. The molecular formula is C25H16Cl2N2O4. The van der Waals surface area contributed by atoms with E-state index in [1.165, 1.54) is 30.5 Å². The van der Waals surface area contributed by atoms with Gasteiger partial charge >= 0.3 is 5.97 Å². The summed E-state index contributed by atoms with van der Waals surface area (Å²) in [7, 11) is 0. The van der Waals surface area contributed by atoms with Gasteiger partial charge in [0, 0.05) is 10.6 Å². The van der Waals surface area contributed by atoms with Crippen LogP contribution in [0.5, 0.6) is 11.5 Å². The number of ether oxygens (including phenoxy) is 1. The van der Waals surface area contributed by atoms with E-state index in [-0.39, 0.29) is 27.6 Å². The number of hydrogen-bond donors (Lipinski definition) is 2. The highest BCUT2D eigenvalue weighted by molar-refractivity contribution is 6.36. The number of phenols is 1. The fourth-order valence-electron chi connectivity index (χ4n) is 3.19. The number of fused-ring (bicyclic) bond motifs is 1. The average molecular weight is 479 g/mol. The Morgan fingerprint density at radius 3 is 2.45 bits per heavy atom. The Labute approximate surface area is 199 Å². The van der Waals surface area contributed by atoms with Gasteiger partial charge in [-0.3, -0.25) is 4.79 Å². The minimum absolute atomic E-state index is 0.0802. The molecule has 164 valence electrons. The first kappa shape index (κ1) is 22.3. The number of esters is 1. The second-order valence-electron chi connectivity index (χ2n) is 6.93. The molecule has 0 aliphatic carbocycles. The smallest absolute Gasteiger partial charge is 0.345 e. The molecule has 0 aromatic heterocycles. The molecule has 0 saturated heterocycles. The molecule has 0 fully saturated rings. The Hall–Kier alpha value is -3.87. The molecule has 8 heteroatoms. The van der Waals surface area contributed by atoms with E-state index in [2.05, 4.69) is 10.5 Å². The molecule has 0 bridgehead atoms. The number of nitrogens with zero attached hydrogens (tertiary/aromatic N) is 1. The lowest BCUT2D eigenvalue weighted by molar-refractivity contribution is 0.0734. The molecule has 33 heavy (non-hydrogen) atoms. The van der Waals surface area contributed by atoms with E-state index in [9.17, 15) is 14.7 Å². The molecule has 0 saturated carbocycles. The number of hydrogen-bond acceptors (Lipinski definition) is 5. The van der Waals surface area contributed by atoms with Crippen molar-refractivity contribution in [3.63, 3.8) is 0 Å². The number of amides is 1. The molecule has 4 aromatic carbocycles. The quantitative estimate of drug-likeness (QED) is 0.163. The third-order valence-corrected chi connectivity index (χ3v) is 5.34. The SMILES string of the molecule is O=C(N/N=C\c1c(OC(=O)c2ccc(Cl)cc2Cl)ccc2ccccc12)c1ccccc1O. The Morgan fingerprint density at radius 2 is 1.67 bits per heavy atom. The maximum absolute atomic E-state index is 12.7. The normalized spacial score (nSPS) is 11.0. The first-order valence-corrected chi connectivity index (χ1v) is 10.5. The molecule has 0 atom stereocenters. The lowest BCUT2D eigenvalue weighted by Gasteiger charge is -2.11. The highest BCUT2D eigenvalue weighted by Crippen LogP contribution is 2.29. The zero-order valence-corrected chi connectivity index (χ0v) is 18.5. The van der Waals surface area contributed by atoms with Gasteiger partial charge in [-0.1, -0.05) is 65.7 Å². The van der Waals surface area contributed by atoms with Gasteiger partial charge in [-0.25, -0.2) is 10.2 Å². The molecule has 0 spiro atoms. The van der Waals surface area contributed by atoms with Crippen LogP contribution in [0.4, 0.5) is 0 Å². The molecule has 0 heterocycles. The van der Waals surface area contributed by atoms with Gasteiger partial charge in [0.1, 0.15) is 11.5 Å². The summed E-state index contributed by atoms with van der Waals surface area (Å²) < 4.78 is 5.61. The van der Waals surface area contributed by atoms with E-state index < -0.39 is 11.9 Å². The second kappa shape index (κ2) is 9.73. The molecule has 0 unspecified atom stereocenters. The van der Waals surface area contributed by atoms with Gasteiger partial charge < -0.3 is 9.84 Å². The summed E-state index contributed by atoms with van der Waals surface area (Å²) in [5, 5.41) is 16.1. The Balaban J connectivity index is 1.65. The zero-order valence-electron chi connectivity index (χ0n) is 17.0. The standard InChI is InChI=1S/C25H16Cl2N2O4/c26-16-10-11-18(21(27)13-16)25(32)33-23-12-9-15-5-1-2-6-17(15)20(23)14-28-29-24(31)19-7-3-4-8-22(19)30/h1-14,30H,(H,29,31)/b28-14-. The lowest BCUT2D eigenvalue weighted by Crippen LogP contribution is -2.18. The van der Waals surface area contributed by atoms with Crippen LogP contribution in [-0.2, 0) is 0 Å². The van der Waals surface area contributed by atoms with Gasteiger partial charge in [-0.15, -0.1) is 0 Å². The van der Waals surface area contributed by atoms with Crippen LogP contribution in [0.25, 0.3) is 10.8 Å². The molecule has 0 radical (unpaired) electrons. The van der Waals surface area contributed by atoms with Crippen LogP contribution < -0.4 is 10.2 Å². The Morgan fingerprint density at radius 1 is 0.909 bits per heavy atom. The fourth-order valence-corrected chi connectivity index (χ4v) is 3.67. The molecule has 6 nitrogen and oxygen atoms in total. The van der Waals surface area contributed by atoms with E-state index >= 15 is 0 Å². The molecule has 4 aromatic rings. The molecule has 2 N–H and O–H groups in total. The van der Waals surface area contributed by atoms with E-state index in [0.29, 0.717) is 10.6 Å². The first-order chi connectivity index (χ1) is 15.9. The minimum atomic E-state index is -0.667. The monoisotopic (exact) mass is 478 g/mol. The summed E-state index contributed by atoms with van der Waals surface area (Å²) in [4.78, 5) is 25.1. The van der Waals surface area contributed by atoms with Crippen molar-refractivity contribution in [3.05, 3.63) is 106 Å². The van der Waals surface area contributed by atoms with Gasteiger partial charge in [-0.05, 0) is 47.2 Å². The Bertz CT molecular complexity index is 1400. The van der Waals surface area contributed by atoms with Crippen LogP contribution in [0.2, 0.25) is 10.0 Å². The van der Waals surface area contributed by atoms with Crippen molar-refractivity contribution in [1.29, 1.82) is 0 Å². The number of carbonyl (C=O) groups is 2. The number of benzene rings is 4. The van der Waals surface area contributed by atoms with Crippen LogP contribution in [0, 0.1) is 0 Å². The number of nitrogens with one attached hydrogen (secondary N) is 1. The van der Waals surface area contributed by atoms with Gasteiger partial charge in [0.15, 0.2) is 0 Å². The van der Waals surface area contributed by atoms with Crippen molar-refractivity contribution >= 4 is 52.1 Å². The van der Waals surface area contributed by atoms with E-state index in [1.807, 2.05) is 24.3 Å². The van der Waals surface area contributed by atoms with Crippen molar-refractivity contribution in [2.75, 3.05) is 0 Å². The summed E-state index contributed by atoms with van der Waals surface area (Å²) in [5.74, 6) is -1.19. The largest absolute Gasteiger partial charge is 0.507 e. The molecule has 1 amide bonds. The van der Waals surface area contributed by atoms with E-state index in [0.717, 1.165) is 10.8 Å². The topological polar surface area (TPSA) is 88.0 Å². The van der Waals surface area contributed by atoms with E-state index in [1.54, 1.807) is 30.3 Å². The fraction of sp³-hybridized carbons (Fsp3) is 0. The van der Waals surface area contributed by atoms with Crippen LogP contribution in [0.3, 0.4) is 0 Å². The summed E-state index contributed by atoms with van der Waals surface area (Å²) in [6.07, 6.45) is 1.38. The van der Waals surface area contributed by atoms with Crippen LogP contribution >= 0.6 is 23.2 Å². The lowest BCUT2D eigenvalue weighted by atomic mass is 10.0. The summed E-state index contributed by atoms with van der Waals surface area (Å²) in [6.45, 7) is 0. The summed E-state index contributed by atoms with van der Waals surface area (Å²) >= 11 is 12.0. The molecule has 0 aliphatic rings. The molecular weight excluding hydrogens is 463 g/mol. The van der Waals surface area contributed by atoms with Crippen LogP contribution in [-0.4, -0.2) is 23.2 Å². The minimum Gasteiger partial charge on any atom is -0.507 e. The number of para-hydroxylation sites is 1. The maximum Gasteiger partial charge on any atom is 0.345 e. The van der Waals surface area contributed by atoms with Gasteiger partial charge in [0.2, 0.25) is 0 Å².